The van der Waals surface area contributed by atoms with E-state index in [0.29, 0.717) is 31.1 Å². The third-order valence-electron chi connectivity index (χ3n) is 6.53. The molecule has 1 aromatic rings. The molecule has 1 aliphatic rings. The maximum atomic E-state index is 12.9. The first kappa shape index (κ1) is 27.4. The van der Waals surface area contributed by atoms with Crippen LogP contribution in [0.1, 0.15) is 69.8 Å². The molecular formula is C25H38N2O7. The zero-order valence-corrected chi connectivity index (χ0v) is 20.3. The number of phenolic OH excluding ortho intramolecular Hbond substituents is 1. The minimum absolute atomic E-state index is 0.0481. The topological polar surface area (TPSA) is 134 Å². The van der Waals surface area contributed by atoms with Crippen LogP contribution in [0.5, 0.6) is 11.5 Å². The first-order valence-corrected chi connectivity index (χ1v) is 11.9. The Kier molecular flexibility index (Phi) is 11.1. The smallest absolute Gasteiger partial charge is 0.328 e. The molecule has 1 unspecified atom stereocenters. The Morgan fingerprint density at radius 2 is 1.82 bits per heavy atom. The Bertz CT molecular complexity index is 823. The number of aliphatic carboxylic acids is 1. The Morgan fingerprint density at radius 3 is 2.41 bits per heavy atom. The number of ether oxygens (including phenoxy) is 2. The van der Waals surface area contributed by atoms with E-state index in [0.717, 1.165) is 31.2 Å². The normalized spacial score (nSPS) is 16.8. The van der Waals surface area contributed by atoms with Gasteiger partial charge in [-0.1, -0.05) is 45.1 Å². The third kappa shape index (κ3) is 8.52. The minimum Gasteiger partial charge on any atom is -0.504 e. The van der Waals surface area contributed by atoms with E-state index in [-0.39, 0.29) is 11.7 Å². The van der Waals surface area contributed by atoms with Gasteiger partial charge in [0.15, 0.2) is 11.5 Å². The monoisotopic (exact) mass is 478 g/mol. The van der Waals surface area contributed by atoms with Crippen LogP contribution in [-0.2, 0) is 19.1 Å². The van der Waals surface area contributed by atoms with Gasteiger partial charge in [0.2, 0.25) is 5.91 Å². The van der Waals surface area contributed by atoms with E-state index < -0.39 is 36.4 Å². The molecule has 0 heterocycles. The second kappa shape index (κ2) is 13.8. The van der Waals surface area contributed by atoms with Gasteiger partial charge in [0.25, 0.3) is 0 Å². The summed E-state index contributed by atoms with van der Waals surface area (Å²) in [5.41, 5.74) is 0.901. The highest BCUT2D eigenvalue weighted by atomic mass is 16.5. The van der Waals surface area contributed by atoms with Gasteiger partial charge in [-0.25, -0.2) is 4.79 Å². The number of carbonyl (C=O) groups excluding carboxylic acids is 2. The zero-order valence-electron chi connectivity index (χ0n) is 20.3. The predicted molar refractivity (Wildman–Crippen MR) is 127 cm³/mol. The molecule has 0 aliphatic heterocycles. The fourth-order valence-electron chi connectivity index (χ4n) is 4.47. The van der Waals surface area contributed by atoms with Crippen molar-refractivity contribution in [3.63, 3.8) is 0 Å². The van der Waals surface area contributed by atoms with Gasteiger partial charge in [-0.3, -0.25) is 9.59 Å². The van der Waals surface area contributed by atoms with Crippen molar-refractivity contribution >= 4 is 17.8 Å². The molecule has 1 saturated carbocycles. The predicted octanol–water partition coefficient (Wildman–Crippen LogP) is 2.96. The maximum Gasteiger partial charge on any atom is 0.328 e. The fourth-order valence-corrected chi connectivity index (χ4v) is 4.47. The lowest BCUT2D eigenvalue weighted by atomic mass is 9.84. The summed E-state index contributed by atoms with van der Waals surface area (Å²) in [4.78, 5) is 36.6. The number of phenols is 1. The SMILES string of the molecule is COC(=O)[C@H](CC1CCCCC1)NC(=O)[C@H](CC(=O)O)NCCC(C)c1ccc(OC)c(O)c1. The number of carboxylic acids is 1. The molecule has 1 aromatic carbocycles. The summed E-state index contributed by atoms with van der Waals surface area (Å²) in [5, 5.41) is 25.0. The van der Waals surface area contributed by atoms with E-state index in [2.05, 4.69) is 10.6 Å². The molecule has 0 saturated heterocycles. The molecule has 3 atom stereocenters. The highest BCUT2D eigenvalue weighted by molar-refractivity contribution is 5.90. The van der Waals surface area contributed by atoms with Crippen LogP contribution < -0.4 is 15.4 Å². The number of aromatic hydroxyl groups is 1. The molecule has 190 valence electrons. The van der Waals surface area contributed by atoms with Crippen LogP contribution in [0.25, 0.3) is 0 Å². The van der Waals surface area contributed by atoms with Crippen molar-refractivity contribution in [1.29, 1.82) is 0 Å². The summed E-state index contributed by atoms with van der Waals surface area (Å²) >= 11 is 0. The zero-order chi connectivity index (χ0) is 25.1. The van der Waals surface area contributed by atoms with Crippen molar-refractivity contribution < 1.29 is 34.1 Å². The fraction of sp³-hybridized carbons (Fsp3) is 0.640. The van der Waals surface area contributed by atoms with Crippen LogP contribution in [-0.4, -0.2) is 60.9 Å². The van der Waals surface area contributed by atoms with Crippen molar-refractivity contribution in [2.45, 2.75) is 76.3 Å². The number of hydrogen-bond donors (Lipinski definition) is 4. The quantitative estimate of drug-likeness (QED) is 0.318. The van der Waals surface area contributed by atoms with Gasteiger partial charge in [-0.2, -0.15) is 0 Å². The van der Waals surface area contributed by atoms with Crippen LogP contribution in [0.15, 0.2) is 18.2 Å². The minimum atomic E-state index is -1.11. The third-order valence-corrected chi connectivity index (χ3v) is 6.53. The van der Waals surface area contributed by atoms with E-state index in [1.54, 1.807) is 12.1 Å². The van der Waals surface area contributed by atoms with Gasteiger partial charge in [0, 0.05) is 0 Å². The Labute approximate surface area is 201 Å². The molecule has 34 heavy (non-hydrogen) atoms. The summed E-state index contributed by atoms with van der Waals surface area (Å²) in [6.07, 6.45) is 6.14. The number of hydrogen-bond acceptors (Lipinski definition) is 7. The second-order valence-electron chi connectivity index (χ2n) is 9.05. The highest BCUT2D eigenvalue weighted by Crippen LogP contribution is 2.30. The molecule has 0 spiro atoms. The van der Waals surface area contributed by atoms with E-state index in [4.69, 9.17) is 9.47 Å². The van der Waals surface area contributed by atoms with Crippen molar-refractivity contribution in [2.24, 2.45) is 5.92 Å². The van der Waals surface area contributed by atoms with Crippen molar-refractivity contribution in [2.75, 3.05) is 20.8 Å². The standard InChI is InChI=1S/C25H38N2O7/c1-16(18-9-10-22(33-2)21(28)14-18)11-12-26-19(15-23(29)30)24(31)27-20(25(32)34-3)13-17-7-5-4-6-8-17/h9-10,14,16-17,19-20,26,28H,4-8,11-13,15H2,1-3H3,(H,27,31)(H,29,30)/t16?,19-,20-/m0/s1. The number of carboxylic acid groups (broad SMARTS) is 1. The van der Waals surface area contributed by atoms with Crippen LogP contribution in [0, 0.1) is 5.92 Å². The van der Waals surface area contributed by atoms with Gasteiger partial charge in [-0.15, -0.1) is 0 Å². The molecule has 9 heteroatoms. The average molecular weight is 479 g/mol. The number of amides is 1. The van der Waals surface area contributed by atoms with E-state index in [1.165, 1.54) is 20.6 Å². The number of esters is 1. The van der Waals surface area contributed by atoms with Crippen molar-refractivity contribution in [1.82, 2.24) is 10.6 Å². The number of rotatable bonds is 13. The van der Waals surface area contributed by atoms with Crippen LogP contribution in [0.2, 0.25) is 0 Å². The number of nitrogens with one attached hydrogen (secondary N) is 2. The molecule has 0 aromatic heterocycles. The molecule has 0 radical (unpaired) electrons. The Balaban J connectivity index is 1.96. The van der Waals surface area contributed by atoms with Gasteiger partial charge in [0.1, 0.15) is 6.04 Å². The van der Waals surface area contributed by atoms with Crippen LogP contribution in [0.4, 0.5) is 0 Å². The largest absolute Gasteiger partial charge is 0.504 e. The summed E-state index contributed by atoms with van der Waals surface area (Å²) < 4.78 is 9.95. The maximum absolute atomic E-state index is 12.9. The highest BCUT2D eigenvalue weighted by Gasteiger charge is 2.30. The average Bonchev–Trinajstić information content (AvgIpc) is 2.82. The molecule has 0 bridgehead atoms. The molecule has 1 aliphatic carbocycles. The Morgan fingerprint density at radius 1 is 1.12 bits per heavy atom. The van der Waals surface area contributed by atoms with Crippen LogP contribution >= 0.6 is 0 Å². The van der Waals surface area contributed by atoms with E-state index in [1.807, 2.05) is 13.0 Å². The lowest BCUT2D eigenvalue weighted by Crippen LogP contribution is -2.52. The molecule has 4 N–H and O–H groups in total. The van der Waals surface area contributed by atoms with Crippen molar-refractivity contribution in [3.05, 3.63) is 23.8 Å². The Hall–Kier alpha value is -2.81. The molecule has 2 rings (SSSR count). The summed E-state index contributed by atoms with van der Waals surface area (Å²) in [7, 11) is 2.77. The van der Waals surface area contributed by atoms with E-state index in [9.17, 15) is 24.6 Å². The summed E-state index contributed by atoms with van der Waals surface area (Å²) in [6.45, 7) is 2.36. The molecule has 1 fully saturated rings. The first-order chi connectivity index (χ1) is 16.2. The molecule has 9 nitrogen and oxygen atoms in total. The first-order valence-electron chi connectivity index (χ1n) is 11.9. The number of carbonyl (C=O) groups is 3. The van der Waals surface area contributed by atoms with Crippen molar-refractivity contribution in [3.8, 4) is 11.5 Å². The van der Waals surface area contributed by atoms with Crippen LogP contribution in [0.3, 0.4) is 0 Å². The van der Waals surface area contributed by atoms with Gasteiger partial charge in [0.05, 0.1) is 26.7 Å². The van der Waals surface area contributed by atoms with Gasteiger partial charge >= 0.3 is 11.9 Å². The second-order valence-corrected chi connectivity index (χ2v) is 9.05. The lowest BCUT2D eigenvalue weighted by Gasteiger charge is -2.27. The number of benzene rings is 1. The number of methoxy groups -OCH3 is 2. The summed E-state index contributed by atoms with van der Waals surface area (Å²) in [5.74, 6) is -1.32. The van der Waals surface area contributed by atoms with Gasteiger partial charge < -0.3 is 30.3 Å². The van der Waals surface area contributed by atoms with E-state index >= 15 is 0 Å². The summed E-state index contributed by atoms with van der Waals surface area (Å²) in [6, 6.07) is 3.41. The van der Waals surface area contributed by atoms with Gasteiger partial charge in [-0.05, 0) is 48.9 Å². The molecule has 1 amide bonds. The lowest BCUT2D eigenvalue weighted by molar-refractivity contribution is -0.146. The molecular weight excluding hydrogens is 440 g/mol.